The van der Waals surface area contributed by atoms with Crippen LogP contribution in [0.5, 0.6) is 0 Å². The molecule has 0 fully saturated rings. The number of hydrogen-bond donors (Lipinski definition) is 1. The molecule has 1 unspecified atom stereocenters. The third kappa shape index (κ3) is 11.8. The number of hydrogen-bond acceptors (Lipinski definition) is 2. The second-order valence-corrected chi connectivity index (χ2v) is 4.48. The molecular formula is C11H22F3NO. The quantitative estimate of drug-likeness (QED) is 0.660. The molecule has 0 bridgehead atoms. The monoisotopic (exact) mass is 241 g/mol. The molecule has 0 amide bonds. The first-order valence-electron chi connectivity index (χ1n) is 5.69. The standard InChI is InChI=1S/C11H22F3NO/c1-9(2)15-7-10(3)5-4-6-16-8-11(12,13)14/h9-10,15H,4-8H2,1-3H3. The van der Waals surface area contributed by atoms with E-state index in [9.17, 15) is 13.2 Å². The van der Waals surface area contributed by atoms with Crippen molar-refractivity contribution in [2.24, 2.45) is 5.92 Å². The lowest BCUT2D eigenvalue weighted by molar-refractivity contribution is -0.174. The molecule has 0 aromatic carbocycles. The Balaban J connectivity index is 3.31. The number of rotatable bonds is 8. The normalized spacial score (nSPS) is 14.4. The van der Waals surface area contributed by atoms with Gasteiger partial charge >= 0.3 is 6.18 Å². The van der Waals surface area contributed by atoms with Crippen LogP contribution in [0.2, 0.25) is 0 Å². The molecule has 16 heavy (non-hydrogen) atoms. The van der Waals surface area contributed by atoms with E-state index < -0.39 is 12.8 Å². The summed E-state index contributed by atoms with van der Waals surface area (Å²) in [5.41, 5.74) is 0. The first kappa shape index (κ1) is 15.7. The molecule has 0 heterocycles. The molecule has 98 valence electrons. The minimum absolute atomic E-state index is 0.186. The molecule has 1 N–H and O–H groups in total. The zero-order valence-corrected chi connectivity index (χ0v) is 10.2. The Kier molecular flexibility index (Phi) is 7.76. The van der Waals surface area contributed by atoms with Crippen LogP contribution in [0.25, 0.3) is 0 Å². The van der Waals surface area contributed by atoms with Crippen LogP contribution in [-0.4, -0.2) is 32.0 Å². The summed E-state index contributed by atoms with van der Waals surface area (Å²) in [5.74, 6) is 0.469. The van der Waals surface area contributed by atoms with Crippen molar-refractivity contribution in [3.05, 3.63) is 0 Å². The van der Waals surface area contributed by atoms with Gasteiger partial charge in [0.05, 0.1) is 0 Å². The molecule has 0 aliphatic rings. The molecule has 0 spiro atoms. The largest absolute Gasteiger partial charge is 0.411 e. The van der Waals surface area contributed by atoms with E-state index in [2.05, 4.69) is 30.8 Å². The number of ether oxygens (including phenoxy) is 1. The van der Waals surface area contributed by atoms with Gasteiger partial charge in [0.25, 0.3) is 0 Å². The van der Waals surface area contributed by atoms with E-state index in [0.29, 0.717) is 18.4 Å². The first-order chi connectivity index (χ1) is 7.31. The Morgan fingerprint density at radius 2 is 1.81 bits per heavy atom. The Morgan fingerprint density at radius 1 is 1.19 bits per heavy atom. The van der Waals surface area contributed by atoms with Crippen molar-refractivity contribution >= 4 is 0 Å². The van der Waals surface area contributed by atoms with Gasteiger partial charge in [0.15, 0.2) is 0 Å². The van der Waals surface area contributed by atoms with Crippen molar-refractivity contribution in [2.75, 3.05) is 19.8 Å². The maximum atomic E-state index is 11.7. The van der Waals surface area contributed by atoms with Gasteiger partial charge in [-0.2, -0.15) is 13.2 Å². The first-order valence-corrected chi connectivity index (χ1v) is 5.69. The Morgan fingerprint density at radius 3 is 2.31 bits per heavy atom. The van der Waals surface area contributed by atoms with Gasteiger partial charge in [-0.15, -0.1) is 0 Å². The minimum atomic E-state index is -4.20. The van der Waals surface area contributed by atoms with Crippen molar-refractivity contribution in [1.82, 2.24) is 5.32 Å². The SMILES string of the molecule is CC(CCCOCC(F)(F)F)CNC(C)C. The summed E-state index contributed by atoms with van der Waals surface area (Å²) in [7, 11) is 0. The predicted molar refractivity (Wildman–Crippen MR) is 58.4 cm³/mol. The van der Waals surface area contributed by atoms with Gasteiger partial charge in [-0.1, -0.05) is 20.8 Å². The number of alkyl halides is 3. The molecule has 0 rings (SSSR count). The molecule has 2 nitrogen and oxygen atoms in total. The predicted octanol–water partition coefficient (Wildman–Crippen LogP) is 2.98. The Labute approximate surface area is 95.5 Å². The van der Waals surface area contributed by atoms with Crippen molar-refractivity contribution < 1.29 is 17.9 Å². The van der Waals surface area contributed by atoms with E-state index in [1.54, 1.807) is 0 Å². The average molecular weight is 241 g/mol. The number of halogens is 3. The summed E-state index contributed by atoms with van der Waals surface area (Å²) in [6, 6.07) is 0.448. The summed E-state index contributed by atoms with van der Waals surface area (Å²) < 4.78 is 39.7. The van der Waals surface area contributed by atoms with Crippen molar-refractivity contribution in [3.8, 4) is 0 Å². The highest BCUT2D eigenvalue weighted by atomic mass is 19.4. The highest BCUT2D eigenvalue weighted by Crippen LogP contribution is 2.14. The lowest BCUT2D eigenvalue weighted by Gasteiger charge is -2.14. The number of nitrogens with one attached hydrogen (secondary N) is 1. The maximum Gasteiger partial charge on any atom is 0.411 e. The smallest absolute Gasteiger partial charge is 0.372 e. The molecule has 0 saturated heterocycles. The van der Waals surface area contributed by atoms with Crippen molar-refractivity contribution in [2.45, 2.75) is 45.8 Å². The molecule has 5 heteroatoms. The summed E-state index contributed by atoms with van der Waals surface area (Å²) >= 11 is 0. The lowest BCUT2D eigenvalue weighted by atomic mass is 10.1. The van der Waals surface area contributed by atoms with E-state index >= 15 is 0 Å². The molecule has 0 radical (unpaired) electrons. The summed E-state index contributed by atoms with van der Waals surface area (Å²) in [4.78, 5) is 0. The highest BCUT2D eigenvalue weighted by Gasteiger charge is 2.27. The van der Waals surface area contributed by atoms with Gasteiger partial charge in [0.1, 0.15) is 6.61 Å². The maximum absolute atomic E-state index is 11.7. The third-order valence-corrected chi connectivity index (χ3v) is 2.13. The van der Waals surface area contributed by atoms with Crippen LogP contribution in [0.3, 0.4) is 0 Å². The van der Waals surface area contributed by atoms with Crippen LogP contribution >= 0.6 is 0 Å². The van der Waals surface area contributed by atoms with Crippen LogP contribution in [0.15, 0.2) is 0 Å². The van der Waals surface area contributed by atoms with Crippen LogP contribution in [-0.2, 0) is 4.74 Å². The van der Waals surface area contributed by atoms with E-state index in [1.165, 1.54) is 0 Å². The Hall–Kier alpha value is -0.290. The molecule has 0 saturated carbocycles. The van der Waals surface area contributed by atoms with E-state index in [1.807, 2.05) is 0 Å². The molecule has 0 aromatic rings. The average Bonchev–Trinajstić information content (AvgIpc) is 2.12. The summed E-state index contributed by atoms with van der Waals surface area (Å²) in [6.45, 7) is 6.17. The summed E-state index contributed by atoms with van der Waals surface area (Å²) in [6.07, 6.45) is -2.64. The van der Waals surface area contributed by atoms with Gasteiger partial charge in [-0.3, -0.25) is 0 Å². The van der Waals surface area contributed by atoms with Gasteiger partial charge in [-0.25, -0.2) is 0 Å². The summed E-state index contributed by atoms with van der Waals surface area (Å²) in [5, 5.41) is 3.29. The second-order valence-electron chi connectivity index (χ2n) is 4.48. The van der Waals surface area contributed by atoms with Gasteiger partial charge in [0, 0.05) is 12.6 Å². The highest BCUT2D eigenvalue weighted by molar-refractivity contribution is 4.60. The molecular weight excluding hydrogens is 219 g/mol. The van der Waals surface area contributed by atoms with E-state index in [-0.39, 0.29) is 6.61 Å². The zero-order chi connectivity index (χ0) is 12.6. The fraction of sp³-hybridized carbons (Fsp3) is 1.00. The van der Waals surface area contributed by atoms with Crippen LogP contribution in [0.1, 0.15) is 33.6 Å². The molecule has 0 aromatic heterocycles. The third-order valence-electron chi connectivity index (χ3n) is 2.13. The van der Waals surface area contributed by atoms with Gasteiger partial charge in [0.2, 0.25) is 0 Å². The van der Waals surface area contributed by atoms with Gasteiger partial charge in [-0.05, 0) is 25.3 Å². The molecule has 1 atom stereocenters. The fourth-order valence-electron chi connectivity index (χ4n) is 1.26. The van der Waals surface area contributed by atoms with E-state index in [0.717, 1.165) is 13.0 Å². The zero-order valence-electron chi connectivity index (χ0n) is 10.2. The van der Waals surface area contributed by atoms with Gasteiger partial charge < -0.3 is 10.1 Å². The van der Waals surface area contributed by atoms with Crippen LogP contribution in [0.4, 0.5) is 13.2 Å². The minimum Gasteiger partial charge on any atom is -0.372 e. The van der Waals surface area contributed by atoms with E-state index in [4.69, 9.17) is 0 Å². The van der Waals surface area contributed by atoms with Crippen molar-refractivity contribution in [3.63, 3.8) is 0 Å². The van der Waals surface area contributed by atoms with Crippen LogP contribution < -0.4 is 5.32 Å². The van der Waals surface area contributed by atoms with Crippen molar-refractivity contribution in [1.29, 1.82) is 0 Å². The second kappa shape index (κ2) is 7.90. The molecule has 0 aliphatic heterocycles. The molecule has 0 aliphatic carbocycles. The topological polar surface area (TPSA) is 21.3 Å². The lowest BCUT2D eigenvalue weighted by Crippen LogP contribution is -2.28. The fourth-order valence-corrected chi connectivity index (χ4v) is 1.26. The van der Waals surface area contributed by atoms with Crippen LogP contribution in [0, 0.1) is 5.92 Å². The Bertz CT molecular complexity index is 171.